The Kier molecular flexibility index (Phi) is 21.6. The van der Waals surface area contributed by atoms with Crippen molar-refractivity contribution in [2.24, 2.45) is 0 Å². The molecule has 2 atom stereocenters. The van der Waals surface area contributed by atoms with Crippen molar-refractivity contribution in [2.75, 3.05) is 13.7 Å². The molecule has 45 heavy (non-hydrogen) atoms. The van der Waals surface area contributed by atoms with Crippen LogP contribution in [-0.2, 0) is 25.0 Å². The van der Waals surface area contributed by atoms with Gasteiger partial charge in [0.1, 0.15) is 5.75 Å². The van der Waals surface area contributed by atoms with Crippen molar-refractivity contribution >= 4 is 31.0 Å². The van der Waals surface area contributed by atoms with Gasteiger partial charge in [0.15, 0.2) is 0 Å². The van der Waals surface area contributed by atoms with Gasteiger partial charge in [-0.05, 0) is 42.3 Å². The molecular weight excluding hydrogens is 628 g/mol. The Labute approximate surface area is 282 Å². The maximum Gasteiger partial charge on any atom is 0.529 e. The summed E-state index contributed by atoms with van der Waals surface area (Å²) in [5, 5.41) is 10.1. The minimum Gasteiger partial charge on any atom is -0.402 e. The fourth-order valence-electron chi connectivity index (χ4n) is 5.25. The zero-order chi connectivity index (χ0) is 32.6. The molecule has 9 heteroatoms. The molecule has 1 unspecified atom stereocenters. The summed E-state index contributed by atoms with van der Waals surface area (Å²) in [6, 6.07) is 14.0. The molecule has 0 aliphatic carbocycles. The Morgan fingerprint density at radius 2 is 1.36 bits per heavy atom. The number of nitrogens with zero attached hydrogens (tertiary/aromatic N) is 1. The molecule has 252 valence electrons. The number of phosphoric ester groups is 1. The molecule has 0 radical (unpaired) electrons. The first kappa shape index (κ1) is 39.6. The van der Waals surface area contributed by atoms with Gasteiger partial charge in [-0.1, -0.05) is 151 Å². The van der Waals surface area contributed by atoms with E-state index in [4.69, 9.17) is 41.5 Å². The van der Waals surface area contributed by atoms with Gasteiger partial charge in [0.2, 0.25) is 0 Å². The van der Waals surface area contributed by atoms with E-state index in [-0.39, 0.29) is 25.1 Å². The second-order valence-electron chi connectivity index (χ2n) is 11.8. The standard InChI is InChI=1S/C36H54Cl2NO5P/c1-3-4-5-6-7-8-9-10-11-12-13-14-15-16-17-18-19-22-34(42-29-32-25-31(28-39)26-33(37)27-32)30-43-45(40,41-2)44-36-24-21-20-23-35(36)38/h20-21,23-27,34H,3-19,22,29-30H2,1-2H3/t34-,45?/m1/s1. The van der Waals surface area contributed by atoms with Gasteiger partial charge in [-0.3, -0.25) is 9.05 Å². The Morgan fingerprint density at radius 1 is 0.800 bits per heavy atom. The minimum atomic E-state index is -3.93. The zero-order valence-corrected chi connectivity index (χ0v) is 29.9. The first-order valence-corrected chi connectivity index (χ1v) is 19.2. The average Bonchev–Trinajstić information content (AvgIpc) is 3.04. The lowest BCUT2D eigenvalue weighted by Crippen LogP contribution is -2.20. The number of nitriles is 1. The van der Waals surface area contributed by atoms with Crippen LogP contribution in [0.3, 0.4) is 0 Å². The van der Waals surface area contributed by atoms with Crippen LogP contribution >= 0.6 is 31.0 Å². The highest BCUT2D eigenvalue weighted by molar-refractivity contribution is 7.48. The monoisotopic (exact) mass is 681 g/mol. The van der Waals surface area contributed by atoms with Gasteiger partial charge in [-0.25, -0.2) is 4.57 Å². The van der Waals surface area contributed by atoms with Crippen LogP contribution in [0.4, 0.5) is 0 Å². The lowest BCUT2D eigenvalue weighted by atomic mass is 10.0. The number of phosphoric acid groups is 1. The van der Waals surface area contributed by atoms with Gasteiger partial charge in [-0.15, -0.1) is 0 Å². The zero-order valence-electron chi connectivity index (χ0n) is 27.5. The second-order valence-corrected chi connectivity index (χ2v) is 14.3. The number of benzene rings is 2. The summed E-state index contributed by atoms with van der Waals surface area (Å²) >= 11 is 12.4. The minimum absolute atomic E-state index is 0.0140. The number of rotatable bonds is 27. The molecular formula is C36H54Cl2NO5P. The Morgan fingerprint density at radius 3 is 1.89 bits per heavy atom. The summed E-state index contributed by atoms with van der Waals surface area (Å²) in [4.78, 5) is 0. The molecule has 0 aliphatic rings. The average molecular weight is 683 g/mol. The molecule has 2 aromatic rings. The lowest BCUT2D eigenvalue weighted by Gasteiger charge is -2.22. The van der Waals surface area contributed by atoms with E-state index in [9.17, 15) is 9.83 Å². The SMILES string of the molecule is CCCCCCCCCCCCCCCCCCC[C@H](COP(=O)(OC)Oc1ccccc1Cl)OCc1cc(Cl)cc(C#N)c1. The summed E-state index contributed by atoms with van der Waals surface area (Å²) in [6.07, 6.45) is 22.7. The van der Waals surface area contributed by atoms with Crippen LogP contribution in [0.25, 0.3) is 0 Å². The summed E-state index contributed by atoms with van der Waals surface area (Å²) < 4.78 is 35.8. The number of ether oxygens (including phenoxy) is 1. The predicted molar refractivity (Wildman–Crippen MR) is 186 cm³/mol. The highest BCUT2D eigenvalue weighted by Gasteiger charge is 2.29. The lowest BCUT2D eigenvalue weighted by molar-refractivity contribution is -0.00435. The van der Waals surface area contributed by atoms with Crippen molar-refractivity contribution in [3.63, 3.8) is 0 Å². The van der Waals surface area contributed by atoms with E-state index in [0.29, 0.717) is 15.6 Å². The summed E-state index contributed by atoms with van der Waals surface area (Å²) in [7, 11) is -2.65. The van der Waals surface area contributed by atoms with E-state index in [1.54, 1.807) is 42.5 Å². The van der Waals surface area contributed by atoms with Crippen molar-refractivity contribution in [2.45, 2.75) is 135 Å². The third-order valence-electron chi connectivity index (χ3n) is 7.89. The summed E-state index contributed by atoms with van der Waals surface area (Å²) in [5.41, 5.74) is 1.26. The van der Waals surface area contributed by atoms with E-state index in [1.165, 1.54) is 103 Å². The normalized spacial score (nSPS) is 13.3. The predicted octanol–water partition coefficient (Wildman–Crippen LogP) is 12.6. The molecule has 0 saturated carbocycles. The van der Waals surface area contributed by atoms with Crippen molar-refractivity contribution in [1.29, 1.82) is 5.26 Å². The molecule has 0 fully saturated rings. The van der Waals surface area contributed by atoms with Crippen molar-refractivity contribution in [1.82, 2.24) is 0 Å². The van der Waals surface area contributed by atoms with Crippen LogP contribution in [0.1, 0.15) is 134 Å². The van der Waals surface area contributed by atoms with Gasteiger partial charge in [0, 0.05) is 12.1 Å². The highest BCUT2D eigenvalue weighted by atomic mass is 35.5. The molecule has 0 saturated heterocycles. The van der Waals surface area contributed by atoms with Crippen LogP contribution in [0.2, 0.25) is 10.0 Å². The molecule has 0 N–H and O–H groups in total. The van der Waals surface area contributed by atoms with E-state index in [2.05, 4.69) is 13.0 Å². The van der Waals surface area contributed by atoms with Crippen molar-refractivity contribution in [3.05, 3.63) is 63.6 Å². The smallest absolute Gasteiger partial charge is 0.402 e. The van der Waals surface area contributed by atoms with Gasteiger partial charge in [0.05, 0.1) is 36.0 Å². The first-order valence-electron chi connectivity index (χ1n) is 16.9. The van der Waals surface area contributed by atoms with Crippen LogP contribution in [0.15, 0.2) is 42.5 Å². The van der Waals surface area contributed by atoms with E-state index >= 15 is 0 Å². The van der Waals surface area contributed by atoms with Gasteiger partial charge in [0.25, 0.3) is 0 Å². The molecule has 0 amide bonds. The fraction of sp³-hybridized carbons (Fsp3) is 0.639. The Hall–Kier alpha value is -1.58. The summed E-state index contributed by atoms with van der Waals surface area (Å²) in [5.74, 6) is 0.220. The second kappa shape index (κ2) is 24.6. The third-order valence-corrected chi connectivity index (χ3v) is 9.75. The molecule has 0 spiro atoms. The summed E-state index contributed by atoms with van der Waals surface area (Å²) in [6.45, 7) is 2.53. The Bertz CT molecular complexity index is 1160. The number of hydrogen-bond acceptors (Lipinski definition) is 6. The maximum atomic E-state index is 13.2. The van der Waals surface area contributed by atoms with E-state index in [0.717, 1.165) is 24.8 Å². The largest absolute Gasteiger partial charge is 0.529 e. The molecule has 0 bridgehead atoms. The molecule has 2 aromatic carbocycles. The third kappa shape index (κ3) is 18.4. The van der Waals surface area contributed by atoms with Crippen LogP contribution in [-0.4, -0.2) is 19.8 Å². The Balaban J connectivity index is 1.71. The molecule has 2 rings (SSSR count). The number of para-hydroxylation sites is 1. The maximum absolute atomic E-state index is 13.2. The molecule has 6 nitrogen and oxygen atoms in total. The van der Waals surface area contributed by atoms with Crippen molar-refractivity contribution in [3.8, 4) is 11.8 Å². The van der Waals surface area contributed by atoms with Gasteiger partial charge in [-0.2, -0.15) is 5.26 Å². The molecule has 0 heterocycles. The van der Waals surface area contributed by atoms with Gasteiger partial charge < -0.3 is 9.26 Å². The first-order chi connectivity index (χ1) is 21.9. The fourth-order valence-corrected chi connectivity index (χ4v) is 6.72. The number of hydrogen-bond donors (Lipinski definition) is 0. The molecule has 0 aliphatic heterocycles. The highest BCUT2D eigenvalue weighted by Crippen LogP contribution is 2.50. The van der Waals surface area contributed by atoms with Crippen LogP contribution in [0, 0.1) is 11.3 Å². The molecule has 0 aromatic heterocycles. The topological polar surface area (TPSA) is 77.8 Å². The van der Waals surface area contributed by atoms with E-state index in [1.807, 2.05) is 0 Å². The van der Waals surface area contributed by atoms with Crippen LogP contribution in [0.5, 0.6) is 5.75 Å². The van der Waals surface area contributed by atoms with Crippen LogP contribution < -0.4 is 4.52 Å². The van der Waals surface area contributed by atoms with Gasteiger partial charge >= 0.3 is 7.82 Å². The quantitative estimate of drug-likeness (QED) is 0.0689. The number of unbranched alkanes of at least 4 members (excludes halogenated alkanes) is 16. The van der Waals surface area contributed by atoms with Crippen molar-refractivity contribution < 1.29 is 22.9 Å². The van der Waals surface area contributed by atoms with E-state index < -0.39 is 7.82 Å². The number of halogens is 2.